The van der Waals surface area contributed by atoms with E-state index >= 15 is 0 Å². The van der Waals surface area contributed by atoms with E-state index in [0.29, 0.717) is 6.42 Å². The van der Waals surface area contributed by atoms with Crippen LogP contribution in [0, 0.1) is 0 Å². The standard InChI is InChI=1S/C7H9NOS2/c9-7(10,11)5-6-3-1-2-4-8-6/h1-4,9-11H,5H2. The van der Waals surface area contributed by atoms with Crippen LogP contribution in [0.4, 0.5) is 0 Å². The molecule has 2 nitrogen and oxygen atoms in total. The van der Waals surface area contributed by atoms with Gasteiger partial charge in [0, 0.05) is 18.3 Å². The monoisotopic (exact) mass is 187 g/mol. The number of thiol groups is 2. The summed E-state index contributed by atoms with van der Waals surface area (Å²) in [7, 11) is 0. The quantitative estimate of drug-likeness (QED) is 0.479. The molecule has 0 spiro atoms. The first-order valence-corrected chi connectivity index (χ1v) is 4.04. The summed E-state index contributed by atoms with van der Waals surface area (Å²) in [5.41, 5.74) is 0.778. The van der Waals surface area contributed by atoms with Gasteiger partial charge >= 0.3 is 0 Å². The van der Waals surface area contributed by atoms with E-state index in [4.69, 9.17) is 5.11 Å². The van der Waals surface area contributed by atoms with Gasteiger partial charge in [0.05, 0.1) is 0 Å². The van der Waals surface area contributed by atoms with Crippen molar-refractivity contribution in [3.05, 3.63) is 30.1 Å². The minimum absolute atomic E-state index is 0.333. The Labute approximate surface area is 76.5 Å². The third kappa shape index (κ3) is 3.65. The molecule has 1 aromatic heterocycles. The minimum Gasteiger partial charge on any atom is -0.370 e. The number of pyridine rings is 1. The summed E-state index contributed by atoms with van der Waals surface area (Å²) in [6, 6.07) is 5.49. The average molecular weight is 187 g/mol. The summed E-state index contributed by atoms with van der Waals surface area (Å²) in [6.45, 7) is 0. The lowest BCUT2D eigenvalue weighted by Crippen LogP contribution is -2.15. The number of hydrogen-bond acceptors (Lipinski definition) is 4. The highest BCUT2D eigenvalue weighted by atomic mass is 32.2. The molecule has 1 rings (SSSR count). The van der Waals surface area contributed by atoms with Crippen LogP contribution in [0.25, 0.3) is 0 Å². The molecule has 4 heteroatoms. The fourth-order valence-corrected chi connectivity index (χ4v) is 1.07. The summed E-state index contributed by atoms with van der Waals surface area (Å²) in [6.07, 6.45) is 2.00. The smallest absolute Gasteiger partial charge is 0.157 e. The first-order valence-electron chi connectivity index (χ1n) is 3.15. The zero-order valence-corrected chi connectivity index (χ0v) is 7.59. The van der Waals surface area contributed by atoms with E-state index in [-0.39, 0.29) is 0 Å². The van der Waals surface area contributed by atoms with Gasteiger partial charge in [-0.15, -0.1) is 25.3 Å². The summed E-state index contributed by atoms with van der Waals surface area (Å²) in [5, 5.41) is 9.16. The molecule has 0 fully saturated rings. The summed E-state index contributed by atoms with van der Waals surface area (Å²) >= 11 is 7.69. The Morgan fingerprint density at radius 2 is 2.18 bits per heavy atom. The molecule has 0 aliphatic carbocycles. The van der Waals surface area contributed by atoms with E-state index < -0.39 is 4.27 Å². The molecule has 0 saturated heterocycles. The normalized spacial score (nSPS) is 11.5. The molecular formula is C7H9NOS2. The number of rotatable bonds is 2. The Kier molecular flexibility index (Phi) is 2.81. The molecular weight excluding hydrogens is 178 g/mol. The molecule has 1 aromatic rings. The van der Waals surface area contributed by atoms with Crippen LogP contribution in [0.2, 0.25) is 0 Å². The highest BCUT2D eigenvalue weighted by molar-refractivity contribution is 8.00. The minimum atomic E-state index is -1.27. The lowest BCUT2D eigenvalue weighted by molar-refractivity contribution is 0.234. The number of aliphatic hydroxyl groups is 1. The molecule has 60 valence electrons. The lowest BCUT2D eigenvalue weighted by Gasteiger charge is -2.13. The maximum atomic E-state index is 9.16. The highest BCUT2D eigenvalue weighted by Crippen LogP contribution is 2.19. The van der Waals surface area contributed by atoms with Crippen molar-refractivity contribution in [1.82, 2.24) is 4.98 Å². The second-order valence-corrected chi connectivity index (χ2v) is 4.10. The number of aromatic nitrogens is 1. The van der Waals surface area contributed by atoms with Crippen molar-refractivity contribution in [2.24, 2.45) is 0 Å². The van der Waals surface area contributed by atoms with E-state index in [1.165, 1.54) is 0 Å². The van der Waals surface area contributed by atoms with Gasteiger partial charge in [-0.3, -0.25) is 4.98 Å². The van der Waals surface area contributed by atoms with Gasteiger partial charge in [0.1, 0.15) is 0 Å². The van der Waals surface area contributed by atoms with Crippen LogP contribution in [0.1, 0.15) is 5.69 Å². The van der Waals surface area contributed by atoms with Crippen molar-refractivity contribution in [3.8, 4) is 0 Å². The molecule has 0 aliphatic heterocycles. The van der Waals surface area contributed by atoms with E-state index in [1.807, 2.05) is 18.2 Å². The molecule has 0 bridgehead atoms. The van der Waals surface area contributed by atoms with Crippen molar-refractivity contribution in [2.45, 2.75) is 10.7 Å². The van der Waals surface area contributed by atoms with Crippen molar-refractivity contribution < 1.29 is 5.11 Å². The van der Waals surface area contributed by atoms with Gasteiger partial charge < -0.3 is 5.11 Å². The van der Waals surface area contributed by atoms with Gasteiger partial charge in [-0.2, -0.15) is 0 Å². The fraction of sp³-hybridized carbons (Fsp3) is 0.286. The zero-order chi connectivity index (χ0) is 8.32. The maximum absolute atomic E-state index is 9.16. The second-order valence-electron chi connectivity index (χ2n) is 2.27. The molecule has 0 saturated carbocycles. The molecule has 0 unspecified atom stereocenters. The SMILES string of the molecule is OC(S)(S)Cc1ccccn1. The lowest BCUT2D eigenvalue weighted by atomic mass is 10.3. The predicted octanol–water partition coefficient (Wildman–Crippen LogP) is 1.13. The topological polar surface area (TPSA) is 33.1 Å². The Hall–Kier alpha value is -0.190. The zero-order valence-electron chi connectivity index (χ0n) is 5.81. The third-order valence-electron chi connectivity index (χ3n) is 1.14. The molecule has 1 N–H and O–H groups in total. The second kappa shape index (κ2) is 3.47. The third-order valence-corrected chi connectivity index (χ3v) is 1.46. The van der Waals surface area contributed by atoms with Gasteiger partial charge in [-0.05, 0) is 12.1 Å². The van der Waals surface area contributed by atoms with Crippen molar-refractivity contribution in [2.75, 3.05) is 0 Å². The van der Waals surface area contributed by atoms with Crippen LogP contribution >= 0.6 is 25.3 Å². The van der Waals surface area contributed by atoms with E-state index in [2.05, 4.69) is 30.2 Å². The van der Waals surface area contributed by atoms with Crippen LogP contribution in [0.5, 0.6) is 0 Å². The molecule has 0 radical (unpaired) electrons. The van der Waals surface area contributed by atoms with Crippen LogP contribution < -0.4 is 0 Å². The predicted molar refractivity (Wildman–Crippen MR) is 50.9 cm³/mol. The van der Waals surface area contributed by atoms with Crippen molar-refractivity contribution in [1.29, 1.82) is 0 Å². The highest BCUT2D eigenvalue weighted by Gasteiger charge is 2.15. The number of nitrogens with zero attached hydrogens (tertiary/aromatic N) is 1. The maximum Gasteiger partial charge on any atom is 0.157 e. The largest absolute Gasteiger partial charge is 0.370 e. The Morgan fingerprint density at radius 1 is 1.45 bits per heavy atom. The van der Waals surface area contributed by atoms with Gasteiger partial charge in [-0.1, -0.05) is 6.07 Å². The number of hydrogen-bond donors (Lipinski definition) is 3. The van der Waals surface area contributed by atoms with E-state index in [1.54, 1.807) is 6.20 Å². The van der Waals surface area contributed by atoms with Gasteiger partial charge in [0.2, 0.25) is 0 Å². The van der Waals surface area contributed by atoms with Gasteiger partial charge in [0.15, 0.2) is 4.27 Å². The van der Waals surface area contributed by atoms with Crippen LogP contribution in [-0.2, 0) is 6.42 Å². The molecule has 1 heterocycles. The van der Waals surface area contributed by atoms with Crippen molar-refractivity contribution >= 4 is 25.3 Å². The molecule has 0 atom stereocenters. The first-order chi connectivity index (χ1) is 5.08. The average Bonchev–Trinajstić information content (AvgIpc) is 1.85. The summed E-state index contributed by atoms with van der Waals surface area (Å²) in [4.78, 5) is 4.01. The first kappa shape index (κ1) is 8.90. The van der Waals surface area contributed by atoms with Gasteiger partial charge in [-0.25, -0.2) is 0 Å². The van der Waals surface area contributed by atoms with E-state index in [9.17, 15) is 0 Å². The fourth-order valence-electron chi connectivity index (χ4n) is 0.746. The van der Waals surface area contributed by atoms with E-state index in [0.717, 1.165) is 5.69 Å². The van der Waals surface area contributed by atoms with Crippen LogP contribution in [0.15, 0.2) is 24.4 Å². The molecule has 0 aliphatic rings. The molecule has 11 heavy (non-hydrogen) atoms. The molecule has 0 aromatic carbocycles. The summed E-state index contributed by atoms with van der Waals surface area (Å²) in [5.74, 6) is 0. The summed E-state index contributed by atoms with van der Waals surface area (Å²) < 4.78 is -1.27. The molecule has 0 amide bonds. The Morgan fingerprint density at radius 3 is 2.64 bits per heavy atom. The van der Waals surface area contributed by atoms with Crippen LogP contribution in [0.3, 0.4) is 0 Å². The van der Waals surface area contributed by atoms with Crippen LogP contribution in [-0.4, -0.2) is 14.4 Å². The Balaban J connectivity index is 2.66. The Bertz CT molecular complexity index is 220. The van der Waals surface area contributed by atoms with Crippen molar-refractivity contribution in [3.63, 3.8) is 0 Å². The van der Waals surface area contributed by atoms with Gasteiger partial charge in [0.25, 0.3) is 0 Å².